The molecule has 23 heavy (non-hydrogen) atoms. The Morgan fingerprint density at radius 3 is 2.43 bits per heavy atom. The molecule has 2 heterocycles. The molecular formula is C18H25N3O2. The van der Waals surface area contributed by atoms with Gasteiger partial charge >= 0.3 is 0 Å². The molecular weight excluding hydrogens is 290 g/mol. The van der Waals surface area contributed by atoms with Gasteiger partial charge in [-0.3, -0.25) is 9.59 Å². The van der Waals surface area contributed by atoms with Crippen LogP contribution in [0.4, 0.5) is 0 Å². The van der Waals surface area contributed by atoms with Crippen molar-refractivity contribution in [2.24, 2.45) is 0 Å². The van der Waals surface area contributed by atoms with Crippen molar-refractivity contribution in [3.63, 3.8) is 0 Å². The highest BCUT2D eigenvalue weighted by molar-refractivity contribution is 5.99. The molecule has 2 aliphatic rings. The number of benzene rings is 1. The Labute approximate surface area is 137 Å². The lowest BCUT2D eigenvalue weighted by Gasteiger charge is -2.29. The number of carbonyl (C=O) groups excluding carboxylic acids is 2. The zero-order valence-electron chi connectivity index (χ0n) is 13.6. The van der Waals surface area contributed by atoms with E-state index in [4.69, 9.17) is 0 Å². The second-order valence-electron chi connectivity index (χ2n) is 6.62. The third-order valence-corrected chi connectivity index (χ3v) is 4.73. The maximum atomic E-state index is 12.5. The van der Waals surface area contributed by atoms with Crippen LogP contribution in [0.2, 0.25) is 0 Å². The summed E-state index contributed by atoms with van der Waals surface area (Å²) in [6.45, 7) is 2.66. The molecule has 5 nitrogen and oxygen atoms in total. The number of amides is 2. The molecule has 2 unspecified atom stereocenters. The van der Waals surface area contributed by atoms with Crippen LogP contribution in [-0.2, 0) is 0 Å². The molecule has 2 bridgehead atoms. The number of hydrogen-bond acceptors (Lipinski definition) is 3. The van der Waals surface area contributed by atoms with E-state index in [-0.39, 0.29) is 17.9 Å². The van der Waals surface area contributed by atoms with Gasteiger partial charge in [0.2, 0.25) is 0 Å². The van der Waals surface area contributed by atoms with Gasteiger partial charge in [-0.15, -0.1) is 0 Å². The van der Waals surface area contributed by atoms with Gasteiger partial charge in [-0.25, -0.2) is 0 Å². The van der Waals surface area contributed by atoms with E-state index in [0.29, 0.717) is 29.8 Å². The van der Waals surface area contributed by atoms with E-state index in [1.807, 2.05) is 6.92 Å². The molecule has 0 aromatic heterocycles. The minimum absolute atomic E-state index is 0.0820. The lowest BCUT2D eigenvalue weighted by Crippen LogP contribution is -2.48. The van der Waals surface area contributed by atoms with Crippen LogP contribution < -0.4 is 16.0 Å². The average molecular weight is 315 g/mol. The molecule has 0 aliphatic carbocycles. The molecule has 2 aliphatic heterocycles. The predicted molar refractivity (Wildman–Crippen MR) is 89.5 cm³/mol. The van der Waals surface area contributed by atoms with Crippen LogP contribution in [0.3, 0.4) is 0 Å². The quantitative estimate of drug-likeness (QED) is 0.776. The second kappa shape index (κ2) is 7.13. The van der Waals surface area contributed by atoms with Crippen LogP contribution in [-0.4, -0.2) is 36.5 Å². The molecule has 5 heteroatoms. The fourth-order valence-electron chi connectivity index (χ4n) is 3.59. The summed E-state index contributed by atoms with van der Waals surface area (Å²) in [7, 11) is 0. The lowest BCUT2D eigenvalue weighted by atomic mass is 9.99. The van der Waals surface area contributed by atoms with Crippen molar-refractivity contribution in [3.8, 4) is 0 Å². The largest absolute Gasteiger partial charge is 0.352 e. The third-order valence-electron chi connectivity index (χ3n) is 4.73. The molecule has 3 rings (SSSR count). The van der Waals surface area contributed by atoms with E-state index in [9.17, 15) is 9.59 Å². The first-order chi connectivity index (χ1) is 11.2. The van der Waals surface area contributed by atoms with Gasteiger partial charge in [0.1, 0.15) is 0 Å². The summed E-state index contributed by atoms with van der Waals surface area (Å²) >= 11 is 0. The Hall–Kier alpha value is -1.88. The fourth-order valence-corrected chi connectivity index (χ4v) is 3.59. The van der Waals surface area contributed by atoms with E-state index < -0.39 is 0 Å². The maximum Gasteiger partial charge on any atom is 0.251 e. The van der Waals surface area contributed by atoms with Gasteiger partial charge in [-0.1, -0.05) is 13.0 Å². The molecule has 124 valence electrons. The highest BCUT2D eigenvalue weighted by atomic mass is 16.2. The smallest absolute Gasteiger partial charge is 0.251 e. The van der Waals surface area contributed by atoms with Crippen molar-refractivity contribution < 1.29 is 9.59 Å². The molecule has 0 spiro atoms. The molecule has 2 saturated heterocycles. The molecule has 3 N–H and O–H groups in total. The SMILES string of the molecule is CCCNC(=O)c1cccc(C(=O)NC2CC3CCC(C2)N3)c1. The summed E-state index contributed by atoms with van der Waals surface area (Å²) < 4.78 is 0. The van der Waals surface area contributed by atoms with Crippen molar-refractivity contribution in [1.29, 1.82) is 0 Å². The Balaban J connectivity index is 1.62. The number of carbonyl (C=O) groups is 2. The minimum Gasteiger partial charge on any atom is -0.352 e. The second-order valence-corrected chi connectivity index (χ2v) is 6.62. The van der Waals surface area contributed by atoms with Crippen LogP contribution >= 0.6 is 0 Å². The molecule has 2 fully saturated rings. The fraction of sp³-hybridized carbons (Fsp3) is 0.556. The normalized spacial score (nSPS) is 25.9. The molecule has 2 atom stereocenters. The monoisotopic (exact) mass is 315 g/mol. The van der Waals surface area contributed by atoms with Gasteiger partial charge in [0, 0.05) is 35.8 Å². The topological polar surface area (TPSA) is 70.2 Å². The van der Waals surface area contributed by atoms with Crippen molar-refractivity contribution in [2.45, 2.75) is 57.2 Å². The van der Waals surface area contributed by atoms with Gasteiger partial charge in [-0.05, 0) is 50.3 Å². The van der Waals surface area contributed by atoms with Crippen molar-refractivity contribution in [2.75, 3.05) is 6.54 Å². The summed E-state index contributed by atoms with van der Waals surface area (Å²) in [6, 6.07) is 8.28. The first-order valence-electron chi connectivity index (χ1n) is 8.61. The Bertz CT molecular complexity index is 575. The van der Waals surface area contributed by atoms with Gasteiger partial charge < -0.3 is 16.0 Å². The van der Waals surface area contributed by atoms with Crippen molar-refractivity contribution >= 4 is 11.8 Å². The number of hydrogen-bond donors (Lipinski definition) is 3. The van der Waals surface area contributed by atoms with Crippen molar-refractivity contribution in [3.05, 3.63) is 35.4 Å². The van der Waals surface area contributed by atoms with Gasteiger partial charge in [-0.2, -0.15) is 0 Å². The highest BCUT2D eigenvalue weighted by Crippen LogP contribution is 2.26. The molecule has 0 saturated carbocycles. The highest BCUT2D eigenvalue weighted by Gasteiger charge is 2.34. The molecule has 2 amide bonds. The van der Waals surface area contributed by atoms with Crippen molar-refractivity contribution in [1.82, 2.24) is 16.0 Å². The third kappa shape index (κ3) is 3.91. The molecule has 1 aromatic rings. The predicted octanol–water partition coefficient (Wildman–Crippen LogP) is 1.84. The van der Waals surface area contributed by atoms with Gasteiger partial charge in [0.25, 0.3) is 11.8 Å². The first-order valence-corrected chi connectivity index (χ1v) is 8.61. The lowest BCUT2D eigenvalue weighted by molar-refractivity contribution is 0.0924. The van der Waals surface area contributed by atoms with E-state index in [0.717, 1.165) is 19.3 Å². The number of piperidine rings is 1. The van der Waals surface area contributed by atoms with E-state index in [1.165, 1.54) is 12.8 Å². The van der Waals surface area contributed by atoms with E-state index >= 15 is 0 Å². The van der Waals surface area contributed by atoms with Crippen LogP contribution in [0.5, 0.6) is 0 Å². The summed E-state index contributed by atoms with van der Waals surface area (Å²) in [6.07, 6.45) is 5.32. The van der Waals surface area contributed by atoms with Gasteiger partial charge in [0.05, 0.1) is 0 Å². The Morgan fingerprint density at radius 2 is 1.78 bits per heavy atom. The standard InChI is InChI=1S/C18H25N3O2/c1-2-8-19-17(22)12-4-3-5-13(9-12)18(23)21-16-10-14-6-7-15(11-16)20-14/h3-5,9,14-16,20H,2,6-8,10-11H2,1H3,(H,19,22)(H,21,23). The maximum absolute atomic E-state index is 12.5. The summed E-state index contributed by atoms with van der Waals surface area (Å²) in [5.41, 5.74) is 1.09. The zero-order chi connectivity index (χ0) is 16.2. The number of rotatable bonds is 5. The van der Waals surface area contributed by atoms with E-state index in [2.05, 4.69) is 16.0 Å². The average Bonchev–Trinajstić information content (AvgIpc) is 2.91. The summed E-state index contributed by atoms with van der Waals surface area (Å²) in [4.78, 5) is 24.5. The van der Waals surface area contributed by atoms with Crippen LogP contribution in [0.25, 0.3) is 0 Å². The first kappa shape index (κ1) is 16.0. The van der Waals surface area contributed by atoms with Crippen LogP contribution in [0.1, 0.15) is 59.7 Å². The number of fused-ring (bicyclic) bond motifs is 2. The zero-order valence-corrected chi connectivity index (χ0v) is 13.6. The molecule has 0 radical (unpaired) electrons. The number of nitrogens with one attached hydrogen (secondary N) is 3. The van der Waals surface area contributed by atoms with Gasteiger partial charge in [0.15, 0.2) is 0 Å². The summed E-state index contributed by atoms with van der Waals surface area (Å²) in [5, 5.41) is 9.54. The van der Waals surface area contributed by atoms with Crippen LogP contribution in [0, 0.1) is 0 Å². The molecule has 1 aromatic carbocycles. The Morgan fingerprint density at radius 1 is 1.13 bits per heavy atom. The summed E-state index contributed by atoms with van der Waals surface area (Å²) in [5.74, 6) is -0.206. The van der Waals surface area contributed by atoms with E-state index in [1.54, 1.807) is 24.3 Å². The Kier molecular flexibility index (Phi) is 4.96. The minimum atomic E-state index is -0.124. The van der Waals surface area contributed by atoms with Crippen LogP contribution in [0.15, 0.2) is 24.3 Å².